The number of benzene rings is 1. The highest BCUT2D eigenvalue weighted by atomic mass is 35.5. The Morgan fingerprint density at radius 3 is 2.50 bits per heavy atom. The summed E-state index contributed by atoms with van der Waals surface area (Å²) in [5.41, 5.74) is 1.82. The highest BCUT2D eigenvalue weighted by molar-refractivity contribution is 6.28. The van der Waals surface area contributed by atoms with Crippen molar-refractivity contribution in [2.45, 2.75) is 6.92 Å². The SMILES string of the molecule is COc1nc(Cl)nc(-c2cc(C)ccc2OC)n1. The number of ether oxygens (including phenoxy) is 2. The summed E-state index contributed by atoms with van der Waals surface area (Å²) in [5, 5.41) is 0.0837. The van der Waals surface area contributed by atoms with Gasteiger partial charge in [-0.15, -0.1) is 0 Å². The maximum absolute atomic E-state index is 5.83. The van der Waals surface area contributed by atoms with Crippen molar-refractivity contribution in [3.8, 4) is 23.1 Å². The average Bonchev–Trinajstić information content (AvgIpc) is 2.38. The molecule has 5 nitrogen and oxygen atoms in total. The molecule has 0 radical (unpaired) electrons. The number of methoxy groups -OCH3 is 2. The van der Waals surface area contributed by atoms with Crippen LogP contribution in [-0.4, -0.2) is 29.2 Å². The van der Waals surface area contributed by atoms with Crippen LogP contribution in [0.4, 0.5) is 0 Å². The quantitative estimate of drug-likeness (QED) is 0.853. The predicted octanol–water partition coefficient (Wildman–Crippen LogP) is 2.52. The fourth-order valence-corrected chi connectivity index (χ4v) is 1.69. The number of aromatic nitrogens is 3. The third kappa shape index (κ3) is 2.51. The van der Waals surface area contributed by atoms with Gasteiger partial charge in [-0.1, -0.05) is 11.6 Å². The summed E-state index contributed by atoms with van der Waals surface area (Å²) in [6, 6.07) is 5.90. The zero-order valence-electron chi connectivity index (χ0n) is 10.3. The van der Waals surface area contributed by atoms with Crippen molar-refractivity contribution in [1.29, 1.82) is 0 Å². The lowest BCUT2D eigenvalue weighted by molar-refractivity contribution is 0.378. The van der Waals surface area contributed by atoms with E-state index in [-0.39, 0.29) is 11.3 Å². The van der Waals surface area contributed by atoms with Crippen molar-refractivity contribution in [3.05, 3.63) is 29.0 Å². The molecule has 0 aliphatic rings. The summed E-state index contributed by atoms with van der Waals surface area (Å²) in [7, 11) is 3.07. The number of nitrogens with zero attached hydrogens (tertiary/aromatic N) is 3. The number of aryl methyl sites for hydroxylation is 1. The summed E-state index contributed by atoms with van der Waals surface area (Å²) in [5.74, 6) is 1.09. The average molecular weight is 266 g/mol. The number of halogens is 1. The molecule has 0 amide bonds. The summed E-state index contributed by atoms with van der Waals surface area (Å²) >= 11 is 5.83. The second-order valence-electron chi connectivity index (χ2n) is 3.62. The molecule has 18 heavy (non-hydrogen) atoms. The van der Waals surface area contributed by atoms with Crippen molar-refractivity contribution in [3.63, 3.8) is 0 Å². The van der Waals surface area contributed by atoms with Gasteiger partial charge in [-0.05, 0) is 30.7 Å². The first-order chi connectivity index (χ1) is 8.63. The van der Waals surface area contributed by atoms with E-state index in [9.17, 15) is 0 Å². The van der Waals surface area contributed by atoms with E-state index in [1.54, 1.807) is 7.11 Å². The minimum atomic E-state index is 0.0837. The van der Waals surface area contributed by atoms with E-state index in [1.807, 2.05) is 25.1 Å². The Hall–Kier alpha value is -1.88. The van der Waals surface area contributed by atoms with Crippen LogP contribution < -0.4 is 9.47 Å². The Morgan fingerprint density at radius 2 is 1.83 bits per heavy atom. The van der Waals surface area contributed by atoms with E-state index in [2.05, 4.69) is 15.0 Å². The van der Waals surface area contributed by atoms with E-state index < -0.39 is 0 Å². The fourth-order valence-electron chi connectivity index (χ4n) is 1.54. The number of hydrogen-bond donors (Lipinski definition) is 0. The molecule has 94 valence electrons. The minimum absolute atomic E-state index is 0.0837. The Bertz CT molecular complexity index is 575. The topological polar surface area (TPSA) is 57.1 Å². The van der Waals surface area contributed by atoms with Crippen molar-refractivity contribution in [1.82, 2.24) is 15.0 Å². The van der Waals surface area contributed by atoms with Gasteiger partial charge in [-0.2, -0.15) is 15.0 Å². The van der Waals surface area contributed by atoms with Crippen LogP contribution in [0.25, 0.3) is 11.4 Å². The normalized spacial score (nSPS) is 10.2. The third-order valence-electron chi connectivity index (χ3n) is 2.37. The molecule has 2 rings (SSSR count). The van der Waals surface area contributed by atoms with Crippen LogP contribution in [0.1, 0.15) is 5.56 Å². The highest BCUT2D eigenvalue weighted by Gasteiger charge is 2.12. The monoisotopic (exact) mass is 265 g/mol. The first-order valence-electron chi connectivity index (χ1n) is 5.24. The molecule has 0 fully saturated rings. The molecule has 0 spiro atoms. The lowest BCUT2D eigenvalue weighted by atomic mass is 10.1. The van der Waals surface area contributed by atoms with Crippen LogP contribution in [-0.2, 0) is 0 Å². The maximum atomic E-state index is 5.83. The van der Waals surface area contributed by atoms with Gasteiger partial charge in [0, 0.05) is 0 Å². The molecule has 0 aliphatic heterocycles. The van der Waals surface area contributed by atoms with Crippen LogP contribution >= 0.6 is 11.6 Å². The molecule has 6 heteroatoms. The second kappa shape index (κ2) is 5.18. The van der Waals surface area contributed by atoms with E-state index in [1.165, 1.54) is 7.11 Å². The Kier molecular flexibility index (Phi) is 3.62. The lowest BCUT2D eigenvalue weighted by Gasteiger charge is -2.09. The smallest absolute Gasteiger partial charge is 0.321 e. The lowest BCUT2D eigenvalue weighted by Crippen LogP contribution is -1.99. The van der Waals surface area contributed by atoms with Crippen LogP contribution in [0.3, 0.4) is 0 Å². The van der Waals surface area contributed by atoms with Gasteiger partial charge >= 0.3 is 6.01 Å². The minimum Gasteiger partial charge on any atom is -0.496 e. The molecule has 0 unspecified atom stereocenters. The van der Waals surface area contributed by atoms with Crippen molar-refractivity contribution in [2.24, 2.45) is 0 Å². The fraction of sp³-hybridized carbons (Fsp3) is 0.250. The van der Waals surface area contributed by atoms with Crippen molar-refractivity contribution >= 4 is 11.6 Å². The van der Waals surface area contributed by atoms with Gasteiger partial charge in [0.1, 0.15) is 5.75 Å². The summed E-state index contributed by atoms with van der Waals surface area (Å²) in [6.07, 6.45) is 0. The van der Waals surface area contributed by atoms with Gasteiger partial charge in [0.15, 0.2) is 5.82 Å². The Balaban J connectivity index is 2.60. The molecule has 0 atom stereocenters. The zero-order valence-corrected chi connectivity index (χ0v) is 11.0. The first kappa shape index (κ1) is 12.6. The van der Waals surface area contributed by atoms with E-state index in [4.69, 9.17) is 21.1 Å². The van der Waals surface area contributed by atoms with Crippen molar-refractivity contribution < 1.29 is 9.47 Å². The standard InChI is InChI=1S/C12H12ClN3O2/c1-7-4-5-9(17-2)8(6-7)10-14-11(13)16-12(15-10)18-3/h4-6H,1-3H3. The zero-order chi connectivity index (χ0) is 13.1. The second-order valence-corrected chi connectivity index (χ2v) is 3.96. The van der Waals surface area contributed by atoms with Crippen LogP contribution in [0, 0.1) is 6.92 Å². The van der Waals surface area contributed by atoms with Gasteiger partial charge in [0.2, 0.25) is 5.28 Å². The van der Waals surface area contributed by atoms with Crippen LogP contribution in [0.5, 0.6) is 11.8 Å². The van der Waals surface area contributed by atoms with Gasteiger partial charge < -0.3 is 9.47 Å². The van der Waals surface area contributed by atoms with E-state index >= 15 is 0 Å². The van der Waals surface area contributed by atoms with Gasteiger partial charge in [-0.3, -0.25) is 0 Å². The van der Waals surface area contributed by atoms with Gasteiger partial charge in [-0.25, -0.2) is 0 Å². The molecule has 1 aromatic heterocycles. The summed E-state index contributed by atoms with van der Waals surface area (Å²) in [4.78, 5) is 12.1. The largest absolute Gasteiger partial charge is 0.496 e. The maximum Gasteiger partial charge on any atom is 0.321 e. The molecule has 2 aromatic rings. The molecule has 0 bridgehead atoms. The van der Waals surface area contributed by atoms with Crippen molar-refractivity contribution in [2.75, 3.05) is 14.2 Å². The predicted molar refractivity (Wildman–Crippen MR) is 68.1 cm³/mol. The summed E-state index contributed by atoms with van der Waals surface area (Å²) < 4.78 is 10.3. The number of hydrogen-bond acceptors (Lipinski definition) is 5. The third-order valence-corrected chi connectivity index (χ3v) is 2.54. The first-order valence-corrected chi connectivity index (χ1v) is 5.62. The molecule has 1 aromatic carbocycles. The van der Waals surface area contributed by atoms with E-state index in [0.29, 0.717) is 11.6 Å². The Labute approximate surface area is 110 Å². The molecule has 0 N–H and O–H groups in total. The van der Waals surface area contributed by atoms with Crippen LogP contribution in [0.15, 0.2) is 18.2 Å². The highest BCUT2D eigenvalue weighted by Crippen LogP contribution is 2.29. The van der Waals surface area contributed by atoms with E-state index in [0.717, 1.165) is 11.1 Å². The molecule has 0 saturated heterocycles. The summed E-state index contributed by atoms with van der Waals surface area (Å²) in [6.45, 7) is 1.98. The van der Waals surface area contributed by atoms with Gasteiger partial charge in [0.05, 0.1) is 19.8 Å². The molecule has 0 saturated carbocycles. The Morgan fingerprint density at radius 1 is 1.06 bits per heavy atom. The molecular weight excluding hydrogens is 254 g/mol. The number of rotatable bonds is 3. The molecule has 0 aliphatic carbocycles. The molecular formula is C12H12ClN3O2. The van der Waals surface area contributed by atoms with Gasteiger partial charge in [0.25, 0.3) is 0 Å². The van der Waals surface area contributed by atoms with Crippen LogP contribution in [0.2, 0.25) is 5.28 Å². The molecule has 1 heterocycles.